The fourth-order valence-electron chi connectivity index (χ4n) is 4.08. The maximum absolute atomic E-state index is 5.23. The second-order valence-corrected chi connectivity index (χ2v) is 6.38. The van der Waals surface area contributed by atoms with Crippen molar-refractivity contribution in [2.75, 3.05) is 6.61 Å². The highest BCUT2D eigenvalue weighted by Crippen LogP contribution is 2.43. The van der Waals surface area contributed by atoms with Gasteiger partial charge in [0.25, 0.3) is 0 Å². The molecule has 4 atom stereocenters. The number of rotatable bonds is 3. The molecule has 94 valence electrons. The molecule has 0 heterocycles. The molecule has 0 amide bonds. The summed E-state index contributed by atoms with van der Waals surface area (Å²) in [5, 5.41) is 0. The molecule has 1 nitrogen and oxygen atoms in total. The summed E-state index contributed by atoms with van der Waals surface area (Å²) in [6.07, 6.45) is 11.8. The van der Waals surface area contributed by atoms with Gasteiger partial charge in [0.15, 0.2) is 0 Å². The van der Waals surface area contributed by atoms with Gasteiger partial charge in [0.2, 0.25) is 0 Å². The Morgan fingerprint density at radius 1 is 1.06 bits per heavy atom. The van der Waals surface area contributed by atoms with Crippen LogP contribution in [0.2, 0.25) is 0 Å². The molecule has 2 heteroatoms. The molecule has 0 radical (unpaired) electrons. The lowest BCUT2D eigenvalue weighted by atomic mass is 9.66. The van der Waals surface area contributed by atoms with E-state index in [9.17, 15) is 0 Å². The van der Waals surface area contributed by atoms with E-state index in [0.29, 0.717) is 0 Å². The molecule has 0 N–H and O–H groups in total. The van der Waals surface area contributed by atoms with Crippen molar-refractivity contribution in [2.24, 2.45) is 23.7 Å². The Morgan fingerprint density at radius 3 is 2.44 bits per heavy atom. The highest BCUT2D eigenvalue weighted by molar-refractivity contribution is 7.09. The molecule has 0 aromatic carbocycles. The minimum absolute atomic E-state index is 0.826. The molecule has 0 bridgehead atoms. The van der Waals surface area contributed by atoms with E-state index in [-0.39, 0.29) is 0 Å². The van der Waals surface area contributed by atoms with Crippen LogP contribution in [-0.2, 0) is 4.52 Å². The van der Waals surface area contributed by atoms with Crippen LogP contribution in [0.4, 0.5) is 0 Å². The summed E-state index contributed by atoms with van der Waals surface area (Å²) < 4.78 is 5.23. The van der Waals surface area contributed by atoms with Crippen LogP contribution in [0.15, 0.2) is 0 Å². The average Bonchev–Trinajstić information content (AvgIpc) is 2.31. The molecule has 2 fully saturated rings. The van der Waals surface area contributed by atoms with Crippen molar-refractivity contribution >= 4 is 9.47 Å². The Kier molecular flexibility index (Phi) is 5.10. The fraction of sp³-hybridized carbons (Fsp3) is 1.00. The number of hydrogen-bond acceptors (Lipinski definition) is 1. The Balaban J connectivity index is 1.83. The summed E-state index contributed by atoms with van der Waals surface area (Å²) in [6, 6.07) is 0. The number of hydrogen-bond donors (Lipinski definition) is 0. The SMILES string of the molecule is CC1CC(COP)CCC1C1CCCCC1. The first-order chi connectivity index (χ1) is 7.81. The molecular formula is C14H27OP. The summed E-state index contributed by atoms with van der Waals surface area (Å²) in [6.45, 7) is 3.43. The van der Waals surface area contributed by atoms with Crippen LogP contribution in [0.1, 0.15) is 58.3 Å². The Morgan fingerprint density at radius 2 is 1.81 bits per heavy atom. The van der Waals surface area contributed by atoms with Gasteiger partial charge < -0.3 is 4.52 Å². The van der Waals surface area contributed by atoms with E-state index in [1.54, 1.807) is 0 Å². The fourth-order valence-corrected chi connectivity index (χ4v) is 4.35. The Bertz CT molecular complexity index is 201. The monoisotopic (exact) mass is 242 g/mol. The normalized spacial score (nSPS) is 37.5. The maximum atomic E-state index is 5.23. The highest BCUT2D eigenvalue weighted by Gasteiger charge is 2.33. The van der Waals surface area contributed by atoms with Crippen molar-refractivity contribution in [3.05, 3.63) is 0 Å². The largest absolute Gasteiger partial charge is 0.365 e. The molecule has 0 saturated heterocycles. The smallest absolute Gasteiger partial charge is 0.0530 e. The standard InChI is InChI=1S/C14H27OP/c1-11-9-12(10-15-16)7-8-14(11)13-5-3-2-4-6-13/h11-14H,2-10,16H2,1H3. The Labute approximate surface area is 103 Å². The van der Waals surface area contributed by atoms with Crippen molar-refractivity contribution in [3.8, 4) is 0 Å². The molecule has 0 aromatic heterocycles. The Hall–Kier alpha value is 0.390. The van der Waals surface area contributed by atoms with Gasteiger partial charge in [-0.25, -0.2) is 0 Å². The van der Waals surface area contributed by atoms with Gasteiger partial charge in [-0.2, -0.15) is 0 Å². The molecule has 0 aromatic rings. The second kappa shape index (κ2) is 6.36. The van der Waals surface area contributed by atoms with Gasteiger partial charge in [-0.1, -0.05) is 39.0 Å². The molecule has 2 saturated carbocycles. The van der Waals surface area contributed by atoms with Gasteiger partial charge in [0.1, 0.15) is 0 Å². The second-order valence-electron chi connectivity index (χ2n) is 6.05. The first-order valence-corrected chi connectivity index (χ1v) is 7.60. The van der Waals surface area contributed by atoms with Gasteiger partial charge >= 0.3 is 0 Å². The summed E-state index contributed by atoms with van der Waals surface area (Å²) in [5.41, 5.74) is 0. The first-order valence-electron chi connectivity index (χ1n) is 7.13. The summed E-state index contributed by atoms with van der Waals surface area (Å²) in [5.74, 6) is 3.84. The molecule has 2 aliphatic rings. The zero-order chi connectivity index (χ0) is 11.4. The molecule has 2 aliphatic carbocycles. The van der Waals surface area contributed by atoms with E-state index in [4.69, 9.17) is 4.52 Å². The molecule has 2 rings (SSSR count). The predicted molar refractivity (Wildman–Crippen MR) is 72.2 cm³/mol. The van der Waals surface area contributed by atoms with Crippen molar-refractivity contribution in [3.63, 3.8) is 0 Å². The molecule has 0 aliphatic heterocycles. The lowest BCUT2D eigenvalue weighted by Gasteiger charge is -2.40. The van der Waals surface area contributed by atoms with E-state index in [1.807, 2.05) is 0 Å². The summed E-state index contributed by atoms with van der Waals surface area (Å²) >= 11 is 0. The van der Waals surface area contributed by atoms with Crippen LogP contribution in [0, 0.1) is 23.7 Å². The predicted octanol–water partition coefficient (Wildman–Crippen LogP) is 4.43. The zero-order valence-corrected chi connectivity index (χ0v) is 11.8. The minimum Gasteiger partial charge on any atom is -0.365 e. The third-order valence-electron chi connectivity index (χ3n) is 4.93. The van der Waals surface area contributed by atoms with Crippen molar-refractivity contribution in [1.29, 1.82) is 0 Å². The van der Waals surface area contributed by atoms with Gasteiger partial charge in [-0.3, -0.25) is 0 Å². The van der Waals surface area contributed by atoms with Gasteiger partial charge in [0.05, 0.1) is 6.61 Å². The van der Waals surface area contributed by atoms with Crippen molar-refractivity contribution in [2.45, 2.75) is 58.3 Å². The molecule has 4 unspecified atom stereocenters. The summed E-state index contributed by atoms with van der Waals surface area (Å²) in [4.78, 5) is 0. The first kappa shape index (κ1) is 12.8. The molecule has 16 heavy (non-hydrogen) atoms. The van der Waals surface area contributed by atoms with Crippen LogP contribution in [0.3, 0.4) is 0 Å². The van der Waals surface area contributed by atoms with E-state index in [2.05, 4.69) is 16.4 Å². The topological polar surface area (TPSA) is 9.23 Å². The van der Waals surface area contributed by atoms with Crippen LogP contribution < -0.4 is 0 Å². The lowest BCUT2D eigenvalue weighted by molar-refractivity contribution is 0.0917. The van der Waals surface area contributed by atoms with E-state index in [1.165, 1.54) is 51.4 Å². The van der Waals surface area contributed by atoms with Gasteiger partial charge in [-0.15, -0.1) is 0 Å². The van der Waals surface area contributed by atoms with Gasteiger partial charge in [-0.05, 0) is 42.9 Å². The van der Waals surface area contributed by atoms with E-state index in [0.717, 1.165) is 30.3 Å². The maximum Gasteiger partial charge on any atom is 0.0530 e. The summed E-state index contributed by atoms with van der Waals surface area (Å²) in [7, 11) is 2.40. The van der Waals surface area contributed by atoms with Crippen LogP contribution in [0.5, 0.6) is 0 Å². The van der Waals surface area contributed by atoms with Crippen LogP contribution in [-0.4, -0.2) is 6.61 Å². The van der Waals surface area contributed by atoms with Crippen LogP contribution in [0.25, 0.3) is 0 Å². The van der Waals surface area contributed by atoms with Crippen LogP contribution >= 0.6 is 9.47 Å². The highest BCUT2D eigenvalue weighted by atomic mass is 31.0. The van der Waals surface area contributed by atoms with E-state index < -0.39 is 0 Å². The van der Waals surface area contributed by atoms with Gasteiger partial charge in [0, 0.05) is 9.47 Å². The third-order valence-corrected chi connectivity index (χ3v) is 5.12. The molecular weight excluding hydrogens is 215 g/mol. The van der Waals surface area contributed by atoms with Crippen molar-refractivity contribution < 1.29 is 4.52 Å². The van der Waals surface area contributed by atoms with E-state index >= 15 is 0 Å². The quantitative estimate of drug-likeness (QED) is 0.665. The average molecular weight is 242 g/mol. The third kappa shape index (κ3) is 3.20. The molecule has 0 spiro atoms. The van der Waals surface area contributed by atoms with Crippen molar-refractivity contribution in [1.82, 2.24) is 0 Å². The zero-order valence-electron chi connectivity index (χ0n) is 10.7. The minimum atomic E-state index is 0.826. The lowest BCUT2D eigenvalue weighted by Crippen LogP contribution is -2.31.